The predicted octanol–water partition coefficient (Wildman–Crippen LogP) is 3.03. The van der Waals surface area contributed by atoms with Gasteiger partial charge in [-0.15, -0.1) is 0 Å². The van der Waals surface area contributed by atoms with Gasteiger partial charge < -0.3 is 10.2 Å². The first-order valence-electron chi connectivity index (χ1n) is 7.74. The molecule has 0 spiro atoms. The summed E-state index contributed by atoms with van der Waals surface area (Å²) in [6.45, 7) is 9.84. The number of hydrogen-bond acceptors (Lipinski definition) is 2. The molecule has 17 heavy (non-hydrogen) atoms. The standard InChI is InChI=1S/C15H30N2/c1-3-10-16-14-7-5-11-17(12-14)13-15(4-2)8-6-9-15/h14,16H,3-13H2,1-2H3. The zero-order valence-electron chi connectivity index (χ0n) is 11.8. The van der Waals surface area contributed by atoms with Gasteiger partial charge in [0.25, 0.3) is 0 Å². The van der Waals surface area contributed by atoms with Crippen LogP contribution in [0.15, 0.2) is 0 Å². The van der Waals surface area contributed by atoms with Crippen molar-refractivity contribution >= 4 is 0 Å². The van der Waals surface area contributed by atoms with Crippen LogP contribution in [0.2, 0.25) is 0 Å². The smallest absolute Gasteiger partial charge is 0.0195 e. The van der Waals surface area contributed by atoms with Crippen molar-refractivity contribution in [2.24, 2.45) is 5.41 Å². The molecule has 1 aliphatic heterocycles. The van der Waals surface area contributed by atoms with Crippen molar-refractivity contribution < 1.29 is 0 Å². The molecule has 2 nitrogen and oxygen atoms in total. The molecule has 2 aliphatic rings. The molecule has 0 bridgehead atoms. The minimum Gasteiger partial charge on any atom is -0.313 e. The third kappa shape index (κ3) is 3.45. The second-order valence-electron chi connectivity index (χ2n) is 6.24. The Morgan fingerprint density at radius 1 is 1.24 bits per heavy atom. The van der Waals surface area contributed by atoms with Gasteiger partial charge in [0.15, 0.2) is 0 Å². The van der Waals surface area contributed by atoms with Crippen molar-refractivity contribution in [1.82, 2.24) is 10.2 Å². The highest BCUT2D eigenvalue weighted by Crippen LogP contribution is 2.44. The largest absolute Gasteiger partial charge is 0.313 e. The van der Waals surface area contributed by atoms with Crippen molar-refractivity contribution in [2.75, 3.05) is 26.2 Å². The average Bonchev–Trinajstić information content (AvgIpc) is 2.32. The minimum absolute atomic E-state index is 0.701. The lowest BCUT2D eigenvalue weighted by atomic mass is 9.66. The van der Waals surface area contributed by atoms with E-state index in [1.165, 1.54) is 71.1 Å². The molecule has 0 aromatic heterocycles. The van der Waals surface area contributed by atoms with Crippen molar-refractivity contribution in [3.05, 3.63) is 0 Å². The average molecular weight is 238 g/mol. The van der Waals surface area contributed by atoms with E-state index < -0.39 is 0 Å². The summed E-state index contributed by atoms with van der Waals surface area (Å²) in [6, 6.07) is 0.762. The van der Waals surface area contributed by atoms with E-state index in [0.29, 0.717) is 5.41 Å². The van der Waals surface area contributed by atoms with E-state index in [4.69, 9.17) is 0 Å². The Morgan fingerprint density at radius 3 is 2.65 bits per heavy atom. The molecular formula is C15H30N2. The van der Waals surface area contributed by atoms with Gasteiger partial charge in [-0.1, -0.05) is 20.3 Å². The predicted molar refractivity (Wildman–Crippen MR) is 74.3 cm³/mol. The van der Waals surface area contributed by atoms with Gasteiger partial charge in [0.05, 0.1) is 0 Å². The molecule has 1 saturated heterocycles. The molecule has 0 radical (unpaired) electrons. The normalized spacial score (nSPS) is 28.9. The van der Waals surface area contributed by atoms with E-state index in [1.54, 1.807) is 0 Å². The molecule has 1 atom stereocenters. The summed E-state index contributed by atoms with van der Waals surface area (Å²) in [6.07, 6.45) is 9.85. The maximum Gasteiger partial charge on any atom is 0.0195 e. The summed E-state index contributed by atoms with van der Waals surface area (Å²) in [5.74, 6) is 0. The van der Waals surface area contributed by atoms with Gasteiger partial charge in [0.1, 0.15) is 0 Å². The third-order valence-electron chi connectivity index (χ3n) is 4.91. The SMILES string of the molecule is CCCNC1CCCN(CC2(CC)CCC2)C1. The van der Waals surface area contributed by atoms with Crippen molar-refractivity contribution in [2.45, 2.75) is 64.8 Å². The molecule has 2 heteroatoms. The van der Waals surface area contributed by atoms with Crippen LogP contribution in [0.5, 0.6) is 0 Å². The molecule has 1 unspecified atom stereocenters. The number of nitrogens with one attached hydrogen (secondary N) is 1. The molecule has 2 rings (SSSR count). The summed E-state index contributed by atoms with van der Waals surface area (Å²) in [4.78, 5) is 2.74. The lowest BCUT2D eigenvalue weighted by molar-refractivity contribution is 0.0463. The maximum atomic E-state index is 3.70. The van der Waals surface area contributed by atoms with Gasteiger partial charge >= 0.3 is 0 Å². The van der Waals surface area contributed by atoms with Gasteiger partial charge in [-0.05, 0) is 57.0 Å². The van der Waals surface area contributed by atoms with E-state index in [-0.39, 0.29) is 0 Å². The highest BCUT2D eigenvalue weighted by Gasteiger charge is 2.37. The van der Waals surface area contributed by atoms with Crippen molar-refractivity contribution in [1.29, 1.82) is 0 Å². The molecule has 0 amide bonds. The third-order valence-corrected chi connectivity index (χ3v) is 4.91. The number of nitrogens with zero attached hydrogens (tertiary/aromatic N) is 1. The lowest BCUT2D eigenvalue weighted by Crippen LogP contribution is -2.50. The van der Waals surface area contributed by atoms with Crippen molar-refractivity contribution in [3.8, 4) is 0 Å². The zero-order valence-corrected chi connectivity index (χ0v) is 11.8. The number of rotatable bonds is 6. The molecule has 100 valence electrons. The molecule has 1 heterocycles. The zero-order chi connectivity index (χ0) is 12.1. The first kappa shape index (κ1) is 13.4. The molecule has 1 N–H and O–H groups in total. The Balaban J connectivity index is 1.76. The Kier molecular flexibility index (Phi) is 4.87. The summed E-state index contributed by atoms with van der Waals surface area (Å²) in [5, 5.41) is 3.70. The molecular weight excluding hydrogens is 208 g/mol. The molecule has 0 aromatic carbocycles. The molecule has 2 fully saturated rings. The molecule has 1 aliphatic carbocycles. The number of likely N-dealkylation sites (tertiary alicyclic amines) is 1. The second kappa shape index (κ2) is 6.19. The Hall–Kier alpha value is -0.0800. The van der Waals surface area contributed by atoms with Gasteiger partial charge in [0, 0.05) is 19.1 Å². The second-order valence-corrected chi connectivity index (χ2v) is 6.24. The number of hydrogen-bond donors (Lipinski definition) is 1. The first-order chi connectivity index (χ1) is 8.28. The van der Waals surface area contributed by atoms with Crippen LogP contribution in [0.3, 0.4) is 0 Å². The Bertz CT molecular complexity index is 217. The Labute approximate surface area is 107 Å². The van der Waals surface area contributed by atoms with E-state index in [9.17, 15) is 0 Å². The van der Waals surface area contributed by atoms with E-state index in [2.05, 4.69) is 24.1 Å². The van der Waals surface area contributed by atoms with Gasteiger partial charge in [-0.2, -0.15) is 0 Å². The van der Waals surface area contributed by atoms with Crippen LogP contribution >= 0.6 is 0 Å². The highest BCUT2D eigenvalue weighted by atomic mass is 15.2. The van der Waals surface area contributed by atoms with E-state index in [1.807, 2.05) is 0 Å². The van der Waals surface area contributed by atoms with Gasteiger partial charge in [-0.25, -0.2) is 0 Å². The summed E-state index contributed by atoms with van der Waals surface area (Å²) < 4.78 is 0. The fraction of sp³-hybridized carbons (Fsp3) is 1.00. The first-order valence-corrected chi connectivity index (χ1v) is 7.74. The van der Waals surface area contributed by atoms with Crippen LogP contribution in [0.25, 0.3) is 0 Å². The fourth-order valence-electron chi connectivity index (χ4n) is 3.49. The topological polar surface area (TPSA) is 15.3 Å². The fourth-order valence-corrected chi connectivity index (χ4v) is 3.49. The van der Waals surface area contributed by atoms with Crippen LogP contribution in [-0.4, -0.2) is 37.1 Å². The monoisotopic (exact) mass is 238 g/mol. The number of piperidine rings is 1. The summed E-state index contributed by atoms with van der Waals surface area (Å²) in [5.41, 5.74) is 0.701. The molecule has 0 aromatic rings. The van der Waals surface area contributed by atoms with Crippen LogP contribution in [-0.2, 0) is 0 Å². The van der Waals surface area contributed by atoms with Crippen LogP contribution in [0.4, 0.5) is 0 Å². The highest BCUT2D eigenvalue weighted by molar-refractivity contribution is 4.91. The van der Waals surface area contributed by atoms with Gasteiger partial charge in [0.2, 0.25) is 0 Å². The summed E-state index contributed by atoms with van der Waals surface area (Å²) in [7, 11) is 0. The maximum absolute atomic E-state index is 3.70. The van der Waals surface area contributed by atoms with Crippen LogP contribution in [0, 0.1) is 5.41 Å². The minimum atomic E-state index is 0.701. The van der Waals surface area contributed by atoms with Crippen LogP contribution in [0.1, 0.15) is 58.8 Å². The van der Waals surface area contributed by atoms with E-state index >= 15 is 0 Å². The van der Waals surface area contributed by atoms with Crippen LogP contribution < -0.4 is 5.32 Å². The molecule has 1 saturated carbocycles. The summed E-state index contributed by atoms with van der Waals surface area (Å²) >= 11 is 0. The van der Waals surface area contributed by atoms with E-state index in [0.717, 1.165) is 6.04 Å². The Morgan fingerprint density at radius 2 is 2.06 bits per heavy atom. The van der Waals surface area contributed by atoms with Gasteiger partial charge in [-0.3, -0.25) is 0 Å². The van der Waals surface area contributed by atoms with Crippen molar-refractivity contribution in [3.63, 3.8) is 0 Å². The quantitative estimate of drug-likeness (QED) is 0.765. The lowest BCUT2D eigenvalue weighted by Gasteiger charge is -2.46.